The summed E-state index contributed by atoms with van der Waals surface area (Å²) in [5, 5.41) is 3.08. The van der Waals surface area contributed by atoms with E-state index in [9.17, 15) is 17.6 Å². The van der Waals surface area contributed by atoms with Crippen LogP contribution < -0.4 is 14.8 Å². The summed E-state index contributed by atoms with van der Waals surface area (Å²) < 4.78 is 45.4. The first-order chi connectivity index (χ1) is 12.1. The van der Waals surface area contributed by atoms with Gasteiger partial charge in [0.25, 0.3) is 0 Å². The van der Waals surface area contributed by atoms with Gasteiger partial charge in [-0.25, -0.2) is 12.8 Å². The van der Waals surface area contributed by atoms with Gasteiger partial charge in [0.05, 0.1) is 23.9 Å². The quantitative estimate of drug-likeness (QED) is 0.749. The number of rotatable bonds is 6. The maximum Gasteiger partial charge on any atom is 0.245 e. The van der Waals surface area contributed by atoms with Crippen LogP contribution in [0.25, 0.3) is 0 Å². The van der Waals surface area contributed by atoms with E-state index >= 15 is 0 Å². The predicted molar refractivity (Wildman–Crippen MR) is 97.8 cm³/mol. The smallest absolute Gasteiger partial charge is 0.245 e. The van der Waals surface area contributed by atoms with E-state index < -0.39 is 32.7 Å². The van der Waals surface area contributed by atoms with Crippen LogP contribution in [-0.2, 0) is 14.8 Å². The SMILES string of the molecule is COc1ccc(F)cc1S(=O)(=O)NC(C)C(=O)Nc1ccc(Cl)cc1Cl. The van der Waals surface area contributed by atoms with Crippen LogP contribution in [0.4, 0.5) is 10.1 Å². The van der Waals surface area contributed by atoms with E-state index in [-0.39, 0.29) is 16.5 Å². The van der Waals surface area contributed by atoms with Crippen molar-refractivity contribution in [3.63, 3.8) is 0 Å². The molecule has 26 heavy (non-hydrogen) atoms. The Bertz CT molecular complexity index is 938. The maximum absolute atomic E-state index is 13.4. The summed E-state index contributed by atoms with van der Waals surface area (Å²) in [4.78, 5) is 11.8. The minimum atomic E-state index is -4.21. The Morgan fingerprint density at radius 1 is 1.19 bits per heavy atom. The zero-order valence-electron chi connectivity index (χ0n) is 13.7. The van der Waals surface area contributed by atoms with Gasteiger partial charge in [-0.05, 0) is 43.3 Å². The Kier molecular flexibility index (Phi) is 6.46. The van der Waals surface area contributed by atoms with Crippen LogP contribution in [0, 0.1) is 5.82 Å². The number of carbonyl (C=O) groups is 1. The lowest BCUT2D eigenvalue weighted by Gasteiger charge is -2.16. The number of benzene rings is 2. The zero-order chi connectivity index (χ0) is 19.5. The molecule has 0 saturated carbocycles. The van der Waals surface area contributed by atoms with Gasteiger partial charge in [-0.1, -0.05) is 23.2 Å². The van der Waals surface area contributed by atoms with Gasteiger partial charge in [-0.2, -0.15) is 4.72 Å². The van der Waals surface area contributed by atoms with Crippen LogP contribution in [0.5, 0.6) is 5.75 Å². The first-order valence-corrected chi connectivity index (χ1v) is 9.49. The molecule has 0 heterocycles. The molecule has 1 atom stereocenters. The van der Waals surface area contributed by atoms with Crippen LogP contribution >= 0.6 is 23.2 Å². The number of hydrogen-bond acceptors (Lipinski definition) is 4. The molecule has 0 aliphatic heterocycles. The van der Waals surface area contributed by atoms with Gasteiger partial charge in [-0.3, -0.25) is 4.79 Å². The third-order valence-electron chi connectivity index (χ3n) is 3.33. The lowest BCUT2D eigenvalue weighted by atomic mass is 10.3. The highest BCUT2D eigenvalue weighted by Gasteiger charge is 2.26. The van der Waals surface area contributed by atoms with Gasteiger partial charge >= 0.3 is 0 Å². The normalized spacial score (nSPS) is 12.5. The van der Waals surface area contributed by atoms with Gasteiger partial charge in [0, 0.05) is 5.02 Å². The van der Waals surface area contributed by atoms with Crippen molar-refractivity contribution in [2.24, 2.45) is 0 Å². The van der Waals surface area contributed by atoms with Crippen molar-refractivity contribution in [1.29, 1.82) is 0 Å². The molecule has 2 N–H and O–H groups in total. The molecule has 0 bridgehead atoms. The first kappa shape index (κ1) is 20.4. The molecule has 0 aromatic heterocycles. The largest absolute Gasteiger partial charge is 0.495 e. The molecule has 0 fully saturated rings. The number of sulfonamides is 1. The van der Waals surface area contributed by atoms with Crippen LogP contribution in [0.1, 0.15) is 6.92 Å². The number of ether oxygens (including phenoxy) is 1. The van der Waals surface area contributed by atoms with E-state index in [2.05, 4.69) is 10.0 Å². The Balaban J connectivity index is 2.18. The molecule has 6 nitrogen and oxygen atoms in total. The monoisotopic (exact) mass is 420 g/mol. The molecule has 1 amide bonds. The van der Waals surface area contributed by atoms with Crippen LogP contribution in [0.2, 0.25) is 10.0 Å². The second-order valence-electron chi connectivity index (χ2n) is 5.25. The number of anilines is 1. The molecule has 0 spiro atoms. The lowest BCUT2D eigenvalue weighted by molar-refractivity contribution is -0.117. The van der Waals surface area contributed by atoms with E-state index in [1.54, 1.807) is 0 Å². The molecule has 140 valence electrons. The summed E-state index contributed by atoms with van der Waals surface area (Å²) in [6, 6.07) is 6.33. The van der Waals surface area contributed by atoms with Crippen LogP contribution in [-0.4, -0.2) is 27.5 Å². The van der Waals surface area contributed by atoms with Crippen molar-refractivity contribution < 1.29 is 22.3 Å². The fourth-order valence-electron chi connectivity index (χ4n) is 2.04. The summed E-state index contributed by atoms with van der Waals surface area (Å²) in [6.07, 6.45) is 0. The molecule has 2 aromatic carbocycles. The highest BCUT2D eigenvalue weighted by molar-refractivity contribution is 7.89. The van der Waals surface area contributed by atoms with Crippen molar-refractivity contribution in [2.45, 2.75) is 17.9 Å². The Labute approximate surface area is 160 Å². The van der Waals surface area contributed by atoms with E-state index in [0.29, 0.717) is 5.02 Å². The summed E-state index contributed by atoms with van der Waals surface area (Å²) in [5.41, 5.74) is 0.274. The molecule has 2 rings (SSSR count). The van der Waals surface area contributed by atoms with E-state index in [4.69, 9.17) is 27.9 Å². The highest BCUT2D eigenvalue weighted by Crippen LogP contribution is 2.26. The van der Waals surface area contributed by atoms with Gasteiger partial charge in [0.15, 0.2) is 0 Å². The summed E-state index contributed by atoms with van der Waals surface area (Å²) in [7, 11) is -2.95. The van der Waals surface area contributed by atoms with Crippen molar-refractivity contribution in [2.75, 3.05) is 12.4 Å². The molecule has 10 heteroatoms. The lowest BCUT2D eigenvalue weighted by Crippen LogP contribution is -2.41. The van der Waals surface area contributed by atoms with E-state index in [1.807, 2.05) is 0 Å². The number of methoxy groups -OCH3 is 1. The second kappa shape index (κ2) is 8.22. The van der Waals surface area contributed by atoms with Crippen molar-refractivity contribution in [3.8, 4) is 5.75 Å². The molecule has 2 aromatic rings. The van der Waals surface area contributed by atoms with Crippen LogP contribution in [0.15, 0.2) is 41.3 Å². The number of halogens is 3. The number of hydrogen-bond donors (Lipinski definition) is 2. The second-order valence-corrected chi connectivity index (χ2v) is 7.78. The Morgan fingerprint density at radius 2 is 1.88 bits per heavy atom. The number of carbonyl (C=O) groups excluding carboxylic acids is 1. The average Bonchev–Trinajstić information content (AvgIpc) is 2.56. The zero-order valence-corrected chi connectivity index (χ0v) is 16.0. The van der Waals surface area contributed by atoms with Crippen molar-refractivity contribution in [1.82, 2.24) is 4.72 Å². The molecular formula is C16H15Cl2FN2O4S. The average molecular weight is 421 g/mol. The topological polar surface area (TPSA) is 84.5 Å². The summed E-state index contributed by atoms with van der Waals surface area (Å²) >= 11 is 11.7. The van der Waals surface area contributed by atoms with E-state index in [1.165, 1.54) is 38.3 Å². The molecule has 0 aliphatic carbocycles. The number of nitrogens with one attached hydrogen (secondary N) is 2. The van der Waals surface area contributed by atoms with Gasteiger partial charge in [0.1, 0.15) is 16.5 Å². The van der Waals surface area contributed by atoms with Gasteiger partial charge < -0.3 is 10.1 Å². The minimum absolute atomic E-state index is 0.0488. The molecule has 0 saturated heterocycles. The standard InChI is InChI=1S/C16H15Cl2FN2O4S/c1-9(16(22)20-13-5-3-10(17)7-12(13)18)21-26(23,24)15-8-11(19)4-6-14(15)25-2/h3-9,21H,1-2H3,(H,20,22). The van der Waals surface area contributed by atoms with Gasteiger partial charge in [0.2, 0.25) is 15.9 Å². The first-order valence-electron chi connectivity index (χ1n) is 7.26. The Morgan fingerprint density at radius 3 is 2.50 bits per heavy atom. The number of amides is 1. The maximum atomic E-state index is 13.4. The van der Waals surface area contributed by atoms with Gasteiger partial charge in [-0.15, -0.1) is 0 Å². The van der Waals surface area contributed by atoms with Crippen molar-refractivity contribution >= 4 is 44.8 Å². The third kappa shape index (κ3) is 4.85. The Hall–Kier alpha value is -1.87. The fourth-order valence-corrected chi connectivity index (χ4v) is 3.88. The predicted octanol–water partition coefficient (Wildman–Crippen LogP) is 3.45. The summed E-state index contributed by atoms with van der Waals surface area (Å²) in [5.74, 6) is -1.46. The van der Waals surface area contributed by atoms with E-state index in [0.717, 1.165) is 12.1 Å². The molecular weight excluding hydrogens is 406 g/mol. The highest BCUT2D eigenvalue weighted by atomic mass is 35.5. The molecule has 0 aliphatic rings. The molecule has 1 unspecified atom stereocenters. The van der Waals surface area contributed by atoms with Crippen molar-refractivity contribution in [3.05, 3.63) is 52.3 Å². The fraction of sp³-hybridized carbons (Fsp3) is 0.188. The minimum Gasteiger partial charge on any atom is -0.495 e. The molecule has 0 radical (unpaired) electrons. The van der Waals surface area contributed by atoms with Crippen LogP contribution in [0.3, 0.4) is 0 Å². The summed E-state index contributed by atoms with van der Waals surface area (Å²) in [6.45, 7) is 1.34. The third-order valence-corrected chi connectivity index (χ3v) is 5.44.